The first-order valence-corrected chi connectivity index (χ1v) is 11.3. The Morgan fingerprint density at radius 3 is 2.78 bits per heavy atom. The van der Waals surface area contributed by atoms with Gasteiger partial charge in [-0.2, -0.15) is 0 Å². The summed E-state index contributed by atoms with van der Waals surface area (Å²) in [5.74, 6) is 0.252. The van der Waals surface area contributed by atoms with E-state index in [-0.39, 0.29) is 11.5 Å². The van der Waals surface area contributed by atoms with Crippen molar-refractivity contribution in [2.45, 2.75) is 43.8 Å². The van der Waals surface area contributed by atoms with Crippen molar-refractivity contribution in [1.29, 1.82) is 0 Å². The van der Waals surface area contributed by atoms with Gasteiger partial charge in [0.1, 0.15) is 5.69 Å². The van der Waals surface area contributed by atoms with Crippen molar-refractivity contribution in [1.82, 2.24) is 25.2 Å². The summed E-state index contributed by atoms with van der Waals surface area (Å²) in [5, 5.41) is 2.60. The molecule has 3 aromatic heterocycles. The predicted octanol–water partition coefficient (Wildman–Crippen LogP) is 2.02. The van der Waals surface area contributed by atoms with Crippen molar-refractivity contribution in [3.05, 3.63) is 63.8 Å². The molecule has 1 amide bonds. The summed E-state index contributed by atoms with van der Waals surface area (Å²) in [6.45, 7) is 2.70. The Hall–Kier alpha value is -3.26. The van der Waals surface area contributed by atoms with Gasteiger partial charge in [0.25, 0.3) is 11.5 Å². The number of fused-ring (bicyclic) bond motifs is 2. The van der Waals surface area contributed by atoms with Crippen LogP contribution in [0.25, 0.3) is 11.0 Å². The van der Waals surface area contributed by atoms with Gasteiger partial charge in [0.2, 0.25) is 0 Å². The van der Waals surface area contributed by atoms with Crippen LogP contribution in [-0.4, -0.2) is 58.0 Å². The summed E-state index contributed by atoms with van der Waals surface area (Å²) < 4.78 is 0. The third-order valence-electron chi connectivity index (χ3n) is 6.94. The minimum Gasteiger partial charge on any atom is -0.364 e. The van der Waals surface area contributed by atoms with E-state index in [1.807, 2.05) is 18.3 Å². The third kappa shape index (κ3) is 3.44. The highest BCUT2D eigenvalue weighted by molar-refractivity contribution is 5.92. The zero-order valence-corrected chi connectivity index (χ0v) is 18.0. The van der Waals surface area contributed by atoms with Crippen LogP contribution in [0.5, 0.6) is 0 Å². The maximum absolute atomic E-state index is 12.4. The highest BCUT2D eigenvalue weighted by Gasteiger charge is 2.48. The molecule has 1 saturated heterocycles. The van der Waals surface area contributed by atoms with Gasteiger partial charge in [-0.25, -0.2) is 4.98 Å². The minimum atomic E-state index is -0.167. The largest absolute Gasteiger partial charge is 0.364 e. The van der Waals surface area contributed by atoms with E-state index in [0.717, 1.165) is 66.7 Å². The number of pyridine rings is 3. The van der Waals surface area contributed by atoms with Crippen LogP contribution in [0.1, 0.15) is 46.8 Å². The molecule has 6 rings (SSSR count). The van der Waals surface area contributed by atoms with Gasteiger partial charge in [0.15, 0.2) is 0 Å². The lowest BCUT2D eigenvalue weighted by molar-refractivity contribution is 0.0958. The quantitative estimate of drug-likeness (QED) is 0.643. The van der Waals surface area contributed by atoms with Crippen molar-refractivity contribution < 1.29 is 4.79 Å². The van der Waals surface area contributed by atoms with Gasteiger partial charge < -0.3 is 15.2 Å². The molecular weight excluding hydrogens is 404 g/mol. The first-order valence-electron chi connectivity index (χ1n) is 11.3. The lowest BCUT2D eigenvalue weighted by Crippen LogP contribution is -2.46. The van der Waals surface area contributed by atoms with Gasteiger partial charge in [-0.3, -0.25) is 19.5 Å². The Kier molecular flexibility index (Phi) is 4.50. The highest BCUT2D eigenvalue weighted by atomic mass is 16.1. The number of piperazine rings is 1. The Morgan fingerprint density at radius 1 is 1.16 bits per heavy atom. The van der Waals surface area contributed by atoms with Crippen LogP contribution < -0.4 is 15.8 Å². The Labute approximate surface area is 185 Å². The predicted molar refractivity (Wildman–Crippen MR) is 122 cm³/mol. The number of H-pyrrole nitrogens is 1. The number of hydrogen-bond donors (Lipinski definition) is 2. The van der Waals surface area contributed by atoms with Gasteiger partial charge in [-0.05, 0) is 55.0 Å². The van der Waals surface area contributed by atoms with E-state index in [1.165, 1.54) is 0 Å². The van der Waals surface area contributed by atoms with E-state index in [1.54, 1.807) is 19.3 Å². The van der Waals surface area contributed by atoms with E-state index in [4.69, 9.17) is 0 Å². The van der Waals surface area contributed by atoms with Gasteiger partial charge >= 0.3 is 0 Å². The fourth-order valence-corrected chi connectivity index (χ4v) is 4.96. The van der Waals surface area contributed by atoms with E-state index in [9.17, 15) is 9.59 Å². The third-order valence-corrected chi connectivity index (χ3v) is 6.94. The van der Waals surface area contributed by atoms with Crippen molar-refractivity contribution >= 4 is 22.6 Å². The first-order chi connectivity index (χ1) is 15.6. The van der Waals surface area contributed by atoms with Crippen LogP contribution in [0.3, 0.4) is 0 Å². The second-order valence-corrected chi connectivity index (χ2v) is 9.12. The second-order valence-electron chi connectivity index (χ2n) is 9.12. The van der Waals surface area contributed by atoms with Crippen LogP contribution in [-0.2, 0) is 6.54 Å². The van der Waals surface area contributed by atoms with Crippen LogP contribution in [0.4, 0.5) is 5.69 Å². The number of rotatable bonds is 5. The zero-order chi connectivity index (χ0) is 21.8. The molecule has 0 aromatic carbocycles. The van der Waals surface area contributed by atoms with E-state index >= 15 is 0 Å². The first kappa shape index (κ1) is 19.4. The lowest BCUT2D eigenvalue weighted by Gasteiger charge is -2.35. The van der Waals surface area contributed by atoms with Crippen molar-refractivity contribution in [3.8, 4) is 0 Å². The maximum atomic E-state index is 12.4. The molecule has 1 aliphatic heterocycles. The summed E-state index contributed by atoms with van der Waals surface area (Å²) >= 11 is 0. The van der Waals surface area contributed by atoms with Crippen molar-refractivity contribution in [2.24, 2.45) is 0 Å². The molecule has 2 aliphatic carbocycles. The van der Waals surface area contributed by atoms with Crippen molar-refractivity contribution in [3.63, 3.8) is 0 Å². The molecule has 0 unspecified atom stereocenters. The van der Waals surface area contributed by atoms with Gasteiger partial charge in [0.05, 0.1) is 22.9 Å². The number of hydrogen-bond acceptors (Lipinski definition) is 6. The number of nitrogens with zero attached hydrogens (tertiary/aromatic N) is 4. The zero-order valence-electron chi connectivity index (χ0n) is 18.0. The highest BCUT2D eigenvalue weighted by Crippen LogP contribution is 2.40. The summed E-state index contributed by atoms with van der Waals surface area (Å²) in [4.78, 5) is 41.0. The monoisotopic (exact) mass is 430 g/mol. The molecule has 32 heavy (non-hydrogen) atoms. The molecule has 3 aliphatic rings. The topological polar surface area (TPSA) is 94.2 Å². The SMILES string of the molecule is CNC(=O)c1ccc(N2CCN(Cc3cnc4cc(C5CC5)c(=O)[nH]c4c3)[C@H]3C[C@H]32)cn1. The van der Waals surface area contributed by atoms with E-state index in [0.29, 0.717) is 23.7 Å². The van der Waals surface area contributed by atoms with Crippen LogP contribution in [0.2, 0.25) is 0 Å². The number of amides is 1. The fourth-order valence-electron chi connectivity index (χ4n) is 4.96. The van der Waals surface area contributed by atoms with Crippen LogP contribution >= 0.6 is 0 Å². The Bertz CT molecular complexity index is 1250. The molecule has 2 saturated carbocycles. The fraction of sp³-hybridized carbons (Fsp3) is 0.417. The minimum absolute atomic E-state index is 0.0332. The molecule has 3 fully saturated rings. The van der Waals surface area contributed by atoms with E-state index in [2.05, 4.69) is 36.1 Å². The average Bonchev–Trinajstić information content (AvgIpc) is 3.72. The molecule has 0 spiro atoms. The number of nitrogens with one attached hydrogen (secondary N) is 2. The molecule has 4 heterocycles. The molecule has 164 valence electrons. The van der Waals surface area contributed by atoms with Crippen LogP contribution in [0.15, 0.2) is 41.5 Å². The normalized spacial score (nSPS) is 22.6. The number of anilines is 1. The summed E-state index contributed by atoms with van der Waals surface area (Å²) in [6.07, 6.45) is 7.09. The molecule has 8 nitrogen and oxygen atoms in total. The van der Waals surface area contributed by atoms with Crippen molar-refractivity contribution in [2.75, 3.05) is 25.0 Å². The number of aromatic nitrogens is 3. The van der Waals surface area contributed by atoms with Gasteiger partial charge in [-0.1, -0.05) is 0 Å². The lowest BCUT2D eigenvalue weighted by atomic mass is 10.1. The smallest absolute Gasteiger partial charge is 0.269 e. The number of carbonyl (C=O) groups excluding carboxylic acids is 1. The molecule has 2 atom stereocenters. The van der Waals surface area contributed by atoms with Gasteiger partial charge in [-0.15, -0.1) is 0 Å². The van der Waals surface area contributed by atoms with Gasteiger partial charge in [0, 0.05) is 50.5 Å². The molecule has 0 bridgehead atoms. The molecule has 0 radical (unpaired) electrons. The molecule has 8 heteroatoms. The summed E-state index contributed by atoms with van der Waals surface area (Å²) in [5.41, 5.74) is 5.25. The number of carbonyl (C=O) groups is 1. The standard InChI is InChI=1S/C24H26N6O2/c1-25-24(32)18-5-4-16(12-27-18)30-7-6-29(21-10-22(21)30)13-14-8-20-19(26-11-14)9-17(15-2-3-15)23(31)28-20/h4-5,8-9,11-12,15,21-22H,2-3,6-7,10,13H2,1H3,(H,25,32)(H,28,31)/t21-,22+/m0/s1. The summed E-state index contributed by atoms with van der Waals surface area (Å²) in [6, 6.07) is 8.80. The van der Waals surface area contributed by atoms with Crippen LogP contribution in [0, 0.1) is 0 Å². The van der Waals surface area contributed by atoms with E-state index < -0.39 is 0 Å². The molecular formula is C24H26N6O2. The average molecular weight is 431 g/mol. The number of aromatic amines is 1. The molecule has 3 aromatic rings. The maximum Gasteiger partial charge on any atom is 0.269 e. The second kappa shape index (κ2) is 7.41. The Morgan fingerprint density at radius 2 is 2.03 bits per heavy atom. The Balaban J connectivity index is 1.15. The molecule has 2 N–H and O–H groups in total. The summed E-state index contributed by atoms with van der Waals surface area (Å²) in [7, 11) is 1.61.